The minimum atomic E-state index is 0.101. The first kappa shape index (κ1) is 15.4. The Labute approximate surface area is 124 Å². The second kappa shape index (κ2) is 6.62. The van der Waals surface area contributed by atoms with Crippen molar-refractivity contribution in [2.75, 3.05) is 11.9 Å². The average molecular weight is 274 g/mol. The SMILES string of the molecule is Cc1ccccc1NC1(CN)CCCC(CC(C)C)C1. The number of benzene rings is 1. The zero-order valence-electron chi connectivity index (χ0n) is 13.3. The standard InChI is InChI=1S/C18H30N2/c1-14(2)11-16-8-6-10-18(12-16,13-19)20-17-9-5-4-7-15(17)3/h4-5,7,9,14,16,20H,6,8,10-13,19H2,1-3H3. The molecule has 0 aromatic heterocycles. The lowest BCUT2D eigenvalue weighted by Crippen LogP contribution is -2.49. The van der Waals surface area contributed by atoms with Gasteiger partial charge >= 0.3 is 0 Å². The van der Waals surface area contributed by atoms with Crippen LogP contribution in [0.3, 0.4) is 0 Å². The molecule has 0 amide bonds. The monoisotopic (exact) mass is 274 g/mol. The van der Waals surface area contributed by atoms with E-state index in [2.05, 4.69) is 50.4 Å². The highest BCUT2D eigenvalue weighted by Crippen LogP contribution is 2.37. The van der Waals surface area contributed by atoms with Gasteiger partial charge < -0.3 is 11.1 Å². The predicted octanol–water partition coefficient (Wildman–Crippen LogP) is 4.34. The lowest BCUT2D eigenvalue weighted by molar-refractivity contribution is 0.222. The number of aryl methyl sites for hydroxylation is 1. The highest BCUT2D eigenvalue weighted by atomic mass is 15.0. The van der Waals surface area contributed by atoms with Crippen LogP contribution in [0, 0.1) is 18.8 Å². The molecule has 1 fully saturated rings. The van der Waals surface area contributed by atoms with E-state index in [-0.39, 0.29) is 5.54 Å². The summed E-state index contributed by atoms with van der Waals surface area (Å²) in [5, 5.41) is 3.79. The van der Waals surface area contributed by atoms with Crippen LogP contribution in [0.1, 0.15) is 51.5 Å². The summed E-state index contributed by atoms with van der Waals surface area (Å²) in [4.78, 5) is 0. The molecular formula is C18H30N2. The summed E-state index contributed by atoms with van der Waals surface area (Å²) in [5.41, 5.74) is 8.83. The molecule has 2 atom stereocenters. The maximum Gasteiger partial charge on any atom is 0.0498 e. The maximum absolute atomic E-state index is 6.17. The topological polar surface area (TPSA) is 38.0 Å². The molecule has 3 N–H and O–H groups in total. The fraction of sp³-hybridized carbons (Fsp3) is 0.667. The third-order valence-electron chi connectivity index (χ3n) is 4.69. The van der Waals surface area contributed by atoms with E-state index in [4.69, 9.17) is 5.73 Å². The van der Waals surface area contributed by atoms with Gasteiger partial charge in [-0.05, 0) is 49.7 Å². The van der Waals surface area contributed by atoms with Gasteiger partial charge in [-0.2, -0.15) is 0 Å². The first-order chi connectivity index (χ1) is 9.54. The summed E-state index contributed by atoms with van der Waals surface area (Å²) in [6.07, 6.45) is 6.42. The van der Waals surface area contributed by atoms with Crippen LogP contribution in [0.15, 0.2) is 24.3 Å². The number of nitrogens with one attached hydrogen (secondary N) is 1. The highest BCUT2D eigenvalue weighted by Gasteiger charge is 2.35. The van der Waals surface area contributed by atoms with Gasteiger partial charge in [0.1, 0.15) is 0 Å². The Kier molecular flexibility index (Phi) is 5.09. The van der Waals surface area contributed by atoms with E-state index < -0.39 is 0 Å². The van der Waals surface area contributed by atoms with Crippen molar-refractivity contribution in [2.45, 2.75) is 58.4 Å². The molecule has 0 aliphatic heterocycles. The molecular weight excluding hydrogens is 244 g/mol. The van der Waals surface area contributed by atoms with E-state index in [9.17, 15) is 0 Å². The molecule has 0 spiro atoms. The quantitative estimate of drug-likeness (QED) is 0.838. The minimum absolute atomic E-state index is 0.101. The minimum Gasteiger partial charge on any atom is -0.378 e. The Hall–Kier alpha value is -1.02. The molecule has 20 heavy (non-hydrogen) atoms. The van der Waals surface area contributed by atoms with Crippen molar-refractivity contribution in [3.05, 3.63) is 29.8 Å². The molecule has 1 aliphatic rings. The van der Waals surface area contributed by atoms with Gasteiger partial charge in [-0.15, -0.1) is 0 Å². The summed E-state index contributed by atoms with van der Waals surface area (Å²) >= 11 is 0. The molecule has 1 aromatic rings. The lowest BCUT2D eigenvalue weighted by Gasteiger charge is -2.42. The highest BCUT2D eigenvalue weighted by molar-refractivity contribution is 5.52. The van der Waals surface area contributed by atoms with E-state index in [1.807, 2.05) is 0 Å². The molecule has 0 saturated heterocycles. The Bertz CT molecular complexity index is 427. The van der Waals surface area contributed by atoms with Crippen LogP contribution in [-0.4, -0.2) is 12.1 Å². The second-order valence-electron chi connectivity index (χ2n) is 7.02. The average Bonchev–Trinajstić information content (AvgIpc) is 2.41. The Morgan fingerprint density at radius 2 is 2.10 bits per heavy atom. The molecule has 0 bridgehead atoms. The van der Waals surface area contributed by atoms with Gasteiger partial charge in [-0.25, -0.2) is 0 Å². The van der Waals surface area contributed by atoms with E-state index in [0.29, 0.717) is 0 Å². The first-order valence-corrected chi connectivity index (χ1v) is 8.08. The van der Waals surface area contributed by atoms with Gasteiger partial charge in [0.15, 0.2) is 0 Å². The van der Waals surface area contributed by atoms with Crippen LogP contribution in [0.2, 0.25) is 0 Å². The molecule has 0 heterocycles. The van der Waals surface area contributed by atoms with Crippen molar-refractivity contribution in [3.63, 3.8) is 0 Å². The Balaban J connectivity index is 2.10. The molecule has 2 heteroatoms. The van der Waals surface area contributed by atoms with Crippen LogP contribution in [0.5, 0.6) is 0 Å². The van der Waals surface area contributed by atoms with Crippen molar-refractivity contribution in [3.8, 4) is 0 Å². The van der Waals surface area contributed by atoms with Gasteiger partial charge in [0.25, 0.3) is 0 Å². The Morgan fingerprint density at radius 3 is 2.75 bits per heavy atom. The Morgan fingerprint density at radius 1 is 1.35 bits per heavy atom. The normalized spacial score (nSPS) is 26.8. The van der Waals surface area contributed by atoms with E-state index in [1.54, 1.807) is 0 Å². The van der Waals surface area contributed by atoms with Crippen molar-refractivity contribution >= 4 is 5.69 Å². The number of nitrogens with two attached hydrogens (primary N) is 1. The van der Waals surface area contributed by atoms with Gasteiger partial charge in [0, 0.05) is 17.8 Å². The third-order valence-corrected chi connectivity index (χ3v) is 4.69. The van der Waals surface area contributed by atoms with Gasteiger partial charge in [-0.1, -0.05) is 44.9 Å². The van der Waals surface area contributed by atoms with Crippen molar-refractivity contribution in [2.24, 2.45) is 17.6 Å². The predicted molar refractivity (Wildman–Crippen MR) is 88.0 cm³/mol. The number of hydrogen-bond acceptors (Lipinski definition) is 2. The van der Waals surface area contributed by atoms with E-state index in [1.165, 1.54) is 43.4 Å². The summed E-state index contributed by atoms with van der Waals surface area (Å²) in [7, 11) is 0. The maximum atomic E-state index is 6.17. The first-order valence-electron chi connectivity index (χ1n) is 8.08. The van der Waals surface area contributed by atoms with Gasteiger partial charge in [-0.3, -0.25) is 0 Å². The van der Waals surface area contributed by atoms with Crippen LogP contribution in [0.25, 0.3) is 0 Å². The van der Waals surface area contributed by atoms with Crippen molar-refractivity contribution in [1.82, 2.24) is 0 Å². The summed E-state index contributed by atoms with van der Waals surface area (Å²) < 4.78 is 0. The van der Waals surface area contributed by atoms with Crippen molar-refractivity contribution in [1.29, 1.82) is 0 Å². The lowest BCUT2D eigenvalue weighted by atomic mass is 9.73. The molecule has 1 aliphatic carbocycles. The molecule has 1 aromatic carbocycles. The molecule has 2 rings (SSSR count). The number of anilines is 1. The van der Waals surface area contributed by atoms with Crippen LogP contribution in [-0.2, 0) is 0 Å². The molecule has 112 valence electrons. The molecule has 2 nitrogen and oxygen atoms in total. The molecule has 2 unspecified atom stereocenters. The van der Waals surface area contributed by atoms with Gasteiger partial charge in [0.05, 0.1) is 0 Å². The third kappa shape index (κ3) is 3.76. The van der Waals surface area contributed by atoms with Gasteiger partial charge in [0.2, 0.25) is 0 Å². The fourth-order valence-electron chi connectivity index (χ4n) is 3.70. The zero-order valence-corrected chi connectivity index (χ0v) is 13.3. The van der Waals surface area contributed by atoms with E-state index in [0.717, 1.165) is 18.4 Å². The second-order valence-corrected chi connectivity index (χ2v) is 7.02. The van der Waals surface area contributed by atoms with Crippen LogP contribution < -0.4 is 11.1 Å². The summed E-state index contributed by atoms with van der Waals surface area (Å²) in [5.74, 6) is 1.61. The van der Waals surface area contributed by atoms with Crippen LogP contribution in [0.4, 0.5) is 5.69 Å². The molecule has 1 saturated carbocycles. The fourth-order valence-corrected chi connectivity index (χ4v) is 3.70. The van der Waals surface area contributed by atoms with Crippen LogP contribution >= 0.6 is 0 Å². The zero-order chi connectivity index (χ0) is 14.6. The number of rotatable bonds is 5. The number of para-hydroxylation sites is 1. The smallest absolute Gasteiger partial charge is 0.0498 e. The summed E-state index contributed by atoms with van der Waals surface area (Å²) in [6, 6.07) is 8.55. The van der Waals surface area contributed by atoms with Crippen molar-refractivity contribution < 1.29 is 0 Å². The van der Waals surface area contributed by atoms with E-state index >= 15 is 0 Å². The molecule has 0 radical (unpaired) electrons. The largest absolute Gasteiger partial charge is 0.378 e. The summed E-state index contributed by atoms with van der Waals surface area (Å²) in [6.45, 7) is 7.55. The number of hydrogen-bond donors (Lipinski definition) is 2.